The summed E-state index contributed by atoms with van der Waals surface area (Å²) in [5, 5.41) is 3.44. The van der Waals surface area contributed by atoms with Gasteiger partial charge in [-0.25, -0.2) is 0 Å². The zero-order valence-corrected chi connectivity index (χ0v) is 8.18. The Bertz CT molecular complexity index is 85.6. The number of hydrogen-bond donors (Lipinski definition) is 1. The van der Waals surface area contributed by atoms with E-state index in [9.17, 15) is 0 Å². The summed E-state index contributed by atoms with van der Waals surface area (Å²) in [5.41, 5.74) is 0. The van der Waals surface area contributed by atoms with Crippen LogP contribution in [-0.4, -0.2) is 25.8 Å². The summed E-state index contributed by atoms with van der Waals surface area (Å²) >= 11 is 0. The summed E-state index contributed by atoms with van der Waals surface area (Å²) in [6.07, 6.45) is 2.65. The van der Waals surface area contributed by atoms with Crippen LogP contribution in [0.1, 0.15) is 33.6 Å². The number of nitrogens with one attached hydrogen (secondary N) is 1. The van der Waals surface area contributed by atoms with E-state index in [0.717, 1.165) is 13.0 Å². The SMILES string of the molecule is CCCNC(CC)C(C)OC. The van der Waals surface area contributed by atoms with Gasteiger partial charge in [-0.1, -0.05) is 13.8 Å². The molecule has 0 saturated heterocycles. The van der Waals surface area contributed by atoms with E-state index in [4.69, 9.17) is 4.74 Å². The lowest BCUT2D eigenvalue weighted by atomic mass is 10.1. The smallest absolute Gasteiger partial charge is 0.0696 e. The van der Waals surface area contributed by atoms with Crippen LogP contribution < -0.4 is 5.32 Å². The van der Waals surface area contributed by atoms with Crippen molar-refractivity contribution in [2.45, 2.75) is 45.8 Å². The molecule has 2 nitrogen and oxygen atoms in total. The summed E-state index contributed by atoms with van der Waals surface area (Å²) in [5.74, 6) is 0. The molecule has 0 heterocycles. The first-order valence-corrected chi connectivity index (χ1v) is 4.52. The largest absolute Gasteiger partial charge is 0.380 e. The topological polar surface area (TPSA) is 21.3 Å². The Morgan fingerprint density at radius 3 is 2.36 bits per heavy atom. The van der Waals surface area contributed by atoms with Gasteiger partial charge in [-0.05, 0) is 26.3 Å². The summed E-state index contributed by atoms with van der Waals surface area (Å²) in [6, 6.07) is 0.514. The first-order chi connectivity index (χ1) is 5.26. The van der Waals surface area contributed by atoms with Crippen molar-refractivity contribution in [1.82, 2.24) is 5.32 Å². The second-order valence-electron chi connectivity index (χ2n) is 2.91. The van der Waals surface area contributed by atoms with Gasteiger partial charge in [0.2, 0.25) is 0 Å². The maximum atomic E-state index is 5.24. The molecule has 2 heteroatoms. The summed E-state index contributed by atoms with van der Waals surface area (Å²) in [6.45, 7) is 7.56. The van der Waals surface area contributed by atoms with Gasteiger partial charge in [0.25, 0.3) is 0 Å². The van der Waals surface area contributed by atoms with Gasteiger partial charge < -0.3 is 10.1 Å². The standard InChI is InChI=1S/C9H21NO/c1-5-7-10-9(6-2)8(3)11-4/h8-10H,5-7H2,1-4H3. The molecule has 0 amide bonds. The second kappa shape index (κ2) is 6.62. The Morgan fingerprint density at radius 1 is 1.36 bits per heavy atom. The minimum atomic E-state index is 0.326. The monoisotopic (exact) mass is 159 g/mol. The lowest BCUT2D eigenvalue weighted by Gasteiger charge is -2.22. The average molecular weight is 159 g/mol. The highest BCUT2D eigenvalue weighted by atomic mass is 16.5. The summed E-state index contributed by atoms with van der Waals surface area (Å²) in [4.78, 5) is 0. The molecule has 0 aliphatic heterocycles. The molecule has 0 aromatic carbocycles. The van der Waals surface area contributed by atoms with Gasteiger partial charge in [0.15, 0.2) is 0 Å². The molecule has 0 rings (SSSR count). The van der Waals surface area contributed by atoms with Crippen LogP contribution in [0.2, 0.25) is 0 Å². The van der Waals surface area contributed by atoms with Crippen LogP contribution in [0.4, 0.5) is 0 Å². The van der Waals surface area contributed by atoms with Gasteiger partial charge >= 0.3 is 0 Å². The molecular formula is C9H21NO. The van der Waals surface area contributed by atoms with E-state index in [1.54, 1.807) is 7.11 Å². The highest BCUT2D eigenvalue weighted by molar-refractivity contribution is 4.70. The fraction of sp³-hybridized carbons (Fsp3) is 1.00. The van der Waals surface area contributed by atoms with Crippen LogP contribution in [0.15, 0.2) is 0 Å². The van der Waals surface area contributed by atoms with Gasteiger partial charge in [-0.15, -0.1) is 0 Å². The molecule has 0 bridgehead atoms. The third-order valence-corrected chi connectivity index (χ3v) is 2.03. The van der Waals surface area contributed by atoms with Crippen LogP contribution in [0, 0.1) is 0 Å². The molecule has 0 spiro atoms. The lowest BCUT2D eigenvalue weighted by molar-refractivity contribution is 0.0818. The average Bonchev–Trinajstić information content (AvgIpc) is 2.05. The zero-order chi connectivity index (χ0) is 8.69. The normalized spacial score (nSPS) is 16.4. The van der Waals surface area contributed by atoms with Gasteiger partial charge in [0, 0.05) is 13.2 Å². The van der Waals surface area contributed by atoms with Gasteiger partial charge in [0.05, 0.1) is 6.10 Å². The molecule has 0 aromatic rings. The molecule has 0 aliphatic rings. The quantitative estimate of drug-likeness (QED) is 0.638. The first kappa shape index (κ1) is 10.9. The van der Waals surface area contributed by atoms with E-state index in [2.05, 4.69) is 26.1 Å². The van der Waals surface area contributed by atoms with E-state index in [-0.39, 0.29) is 0 Å². The van der Waals surface area contributed by atoms with Crippen molar-refractivity contribution in [2.24, 2.45) is 0 Å². The molecule has 0 fully saturated rings. The second-order valence-corrected chi connectivity index (χ2v) is 2.91. The van der Waals surface area contributed by atoms with Gasteiger partial charge in [-0.3, -0.25) is 0 Å². The molecule has 68 valence electrons. The van der Waals surface area contributed by atoms with Crippen LogP contribution in [-0.2, 0) is 4.74 Å². The molecule has 11 heavy (non-hydrogen) atoms. The molecule has 1 N–H and O–H groups in total. The van der Waals surface area contributed by atoms with Gasteiger partial charge in [-0.2, -0.15) is 0 Å². The van der Waals surface area contributed by atoms with Crippen molar-refractivity contribution >= 4 is 0 Å². The lowest BCUT2D eigenvalue weighted by Crippen LogP contribution is -2.39. The Hall–Kier alpha value is -0.0800. The summed E-state index contributed by atoms with van der Waals surface area (Å²) in [7, 11) is 1.76. The highest BCUT2D eigenvalue weighted by Crippen LogP contribution is 2.01. The molecule has 0 saturated carbocycles. The zero-order valence-electron chi connectivity index (χ0n) is 8.18. The van der Waals surface area contributed by atoms with Crippen molar-refractivity contribution in [3.8, 4) is 0 Å². The Morgan fingerprint density at radius 2 is 2.00 bits per heavy atom. The fourth-order valence-corrected chi connectivity index (χ4v) is 1.14. The van der Waals surface area contributed by atoms with E-state index >= 15 is 0 Å². The predicted octanol–water partition coefficient (Wildman–Crippen LogP) is 1.80. The number of hydrogen-bond acceptors (Lipinski definition) is 2. The van der Waals surface area contributed by atoms with Gasteiger partial charge in [0.1, 0.15) is 0 Å². The number of rotatable bonds is 6. The maximum Gasteiger partial charge on any atom is 0.0696 e. The van der Waals surface area contributed by atoms with E-state index in [1.807, 2.05) is 0 Å². The van der Waals surface area contributed by atoms with Crippen LogP contribution in [0.3, 0.4) is 0 Å². The van der Waals surface area contributed by atoms with Crippen LogP contribution in [0.5, 0.6) is 0 Å². The molecule has 0 aromatic heterocycles. The predicted molar refractivity (Wildman–Crippen MR) is 48.8 cm³/mol. The van der Waals surface area contributed by atoms with E-state index < -0.39 is 0 Å². The highest BCUT2D eigenvalue weighted by Gasteiger charge is 2.12. The summed E-state index contributed by atoms with van der Waals surface area (Å²) < 4.78 is 5.24. The molecule has 0 radical (unpaired) electrons. The van der Waals surface area contributed by atoms with Crippen molar-refractivity contribution < 1.29 is 4.74 Å². The Balaban J connectivity index is 3.56. The first-order valence-electron chi connectivity index (χ1n) is 4.52. The van der Waals surface area contributed by atoms with Crippen molar-refractivity contribution in [3.63, 3.8) is 0 Å². The van der Waals surface area contributed by atoms with Crippen LogP contribution >= 0.6 is 0 Å². The number of methoxy groups -OCH3 is 1. The Kier molecular flexibility index (Phi) is 6.57. The molecule has 2 atom stereocenters. The third-order valence-electron chi connectivity index (χ3n) is 2.03. The minimum Gasteiger partial charge on any atom is -0.380 e. The molecule has 2 unspecified atom stereocenters. The minimum absolute atomic E-state index is 0.326. The number of ether oxygens (including phenoxy) is 1. The van der Waals surface area contributed by atoms with Crippen LogP contribution in [0.25, 0.3) is 0 Å². The van der Waals surface area contributed by atoms with Crippen molar-refractivity contribution in [3.05, 3.63) is 0 Å². The molecule has 0 aliphatic carbocycles. The third kappa shape index (κ3) is 4.38. The molecular weight excluding hydrogens is 138 g/mol. The van der Waals surface area contributed by atoms with E-state index in [0.29, 0.717) is 12.1 Å². The maximum absolute atomic E-state index is 5.24. The Labute approximate surface area is 70.3 Å². The van der Waals surface area contributed by atoms with Crippen molar-refractivity contribution in [2.75, 3.05) is 13.7 Å². The van der Waals surface area contributed by atoms with Crippen molar-refractivity contribution in [1.29, 1.82) is 0 Å². The fourth-order valence-electron chi connectivity index (χ4n) is 1.14. The van der Waals surface area contributed by atoms with E-state index in [1.165, 1.54) is 6.42 Å².